The zero-order valence-electron chi connectivity index (χ0n) is 19.2. The van der Waals surface area contributed by atoms with Crippen LogP contribution in [0, 0.1) is 17.7 Å². The molecule has 1 atom stereocenters. The number of halogens is 2. The number of nitrogens with one attached hydrogen (secondary N) is 2. The topological polar surface area (TPSA) is 97.1 Å². The molecule has 0 radical (unpaired) electrons. The second kappa shape index (κ2) is 10.8. The van der Waals surface area contributed by atoms with Crippen LogP contribution in [0.4, 0.5) is 10.1 Å². The van der Waals surface area contributed by atoms with E-state index in [9.17, 15) is 14.0 Å². The van der Waals surface area contributed by atoms with Crippen molar-refractivity contribution in [2.45, 2.75) is 62.8 Å². The number of hydrogen-bond acceptors (Lipinski definition) is 4. The van der Waals surface area contributed by atoms with Crippen molar-refractivity contribution >= 4 is 29.1 Å². The summed E-state index contributed by atoms with van der Waals surface area (Å²) in [4.78, 5) is 29.9. The number of carbonyl (C=O) groups excluding carboxylic acids is 2. The number of benzene rings is 1. The van der Waals surface area contributed by atoms with Crippen LogP contribution in [0.2, 0.25) is 5.02 Å². The number of pyridine rings is 1. The predicted octanol–water partition coefficient (Wildman–Crippen LogP) is 4.57. The van der Waals surface area contributed by atoms with E-state index >= 15 is 0 Å². The number of anilines is 1. The van der Waals surface area contributed by atoms with Gasteiger partial charge in [-0.2, -0.15) is 0 Å². The maximum atomic E-state index is 13.6. The van der Waals surface area contributed by atoms with Crippen molar-refractivity contribution in [1.29, 1.82) is 0 Å². The van der Waals surface area contributed by atoms with E-state index in [2.05, 4.69) is 15.6 Å². The molecule has 2 aliphatic rings. The predicted molar refractivity (Wildman–Crippen MR) is 131 cm³/mol. The molecule has 4 N–H and O–H groups in total. The van der Waals surface area contributed by atoms with Gasteiger partial charge in [-0.1, -0.05) is 30.5 Å². The van der Waals surface area contributed by atoms with Crippen LogP contribution in [-0.2, 0) is 15.0 Å². The summed E-state index contributed by atoms with van der Waals surface area (Å²) in [5.41, 5.74) is 7.19. The zero-order valence-corrected chi connectivity index (χ0v) is 20.0. The Labute approximate surface area is 204 Å². The number of carbonyl (C=O) groups is 2. The highest BCUT2D eigenvalue weighted by Crippen LogP contribution is 2.44. The molecule has 2 amide bonds. The highest BCUT2D eigenvalue weighted by atomic mass is 35.5. The van der Waals surface area contributed by atoms with E-state index < -0.39 is 11.2 Å². The lowest BCUT2D eigenvalue weighted by atomic mass is 9.77. The lowest BCUT2D eigenvalue weighted by Crippen LogP contribution is -2.49. The summed E-state index contributed by atoms with van der Waals surface area (Å²) in [5, 5.41) is 6.32. The summed E-state index contributed by atoms with van der Waals surface area (Å²) < 4.78 is 13.6. The fourth-order valence-electron chi connectivity index (χ4n) is 5.51. The Balaban J connectivity index is 1.30. The third kappa shape index (κ3) is 5.41. The molecule has 2 saturated carbocycles. The second-order valence-electron chi connectivity index (χ2n) is 9.62. The van der Waals surface area contributed by atoms with Crippen molar-refractivity contribution in [3.05, 3.63) is 59.1 Å². The number of nitrogens with two attached hydrogens (primary N) is 1. The molecule has 4 rings (SSSR count). The van der Waals surface area contributed by atoms with Crippen LogP contribution in [0.25, 0.3) is 0 Å². The average Bonchev–Trinajstić information content (AvgIpc) is 3.34. The van der Waals surface area contributed by atoms with Gasteiger partial charge in [0.15, 0.2) is 0 Å². The molecule has 2 aliphatic carbocycles. The lowest BCUT2D eigenvalue weighted by molar-refractivity contribution is -0.126. The minimum atomic E-state index is -0.729. The van der Waals surface area contributed by atoms with Gasteiger partial charge in [-0.15, -0.1) is 0 Å². The third-order valence-electron chi connectivity index (χ3n) is 7.53. The molecule has 6 nitrogen and oxygen atoms in total. The van der Waals surface area contributed by atoms with Crippen molar-refractivity contribution in [1.82, 2.24) is 10.3 Å². The van der Waals surface area contributed by atoms with Gasteiger partial charge in [0.25, 0.3) is 0 Å². The molecule has 2 fully saturated rings. The van der Waals surface area contributed by atoms with Gasteiger partial charge in [-0.25, -0.2) is 4.39 Å². The van der Waals surface area contributed by atoms with Crippen molar-refractivity contribution in [2.75, 3.05) is 11.9 Å². The normalized spacial score (nSPS) is 22.7. The second-order valence-corrected chi connectivity index (χ2v) is 10.0. The van der Waals surface area contributed by atoms with Gasteiger partial charge in [-0.05, 0) is 74.3 Å². The van der Waals surface area contributed by atoms with Crippen LogP contribution < -0.4 is 16.4 Å². The first-order valence-corrected chi connectivity index (χ1v) is 12.5. The monoisotopic (exact) mass is 486 g/mol. The number of rotatable bonds is 7. The van der Waals surface area contributed by atoms with Crippen molar-refractivity contribution in [3.8, 4) is 0 Å². The van der Waals surface area contributed by atoms with E-state index in [1.807, 2.05) is 0 Å². The molecule has 182 valence electrons. The van der Waals surface area contributed by atoms with Gasteiger partial charge < -0.3 is 16.4 Å². The smallest absolute Gasteiger partial charge is 0.230 e. The molecule has 0 spiro atoms. The van der Waals surface area contributed by atoms with Crippen LogP contribution >= 0.6 is 11.6 Å². The highest BCUT2D eigenvalue weighted by molar-refractivity contribution is 6.31. The summed E-state index contributed by atoms with van der Waals surface area (Å²) in [6, 6.07) is 7.65. The SMILES string of the molecule is NC(CNC(=O)C1(c2ccc(F)cc2Cl)CCCC1)C1CCC(C(=O)Nc2ccncc2)CC1. The van der Waals surface area contributed by atoms with Crippen LogP contribution in [0.1, 0.15) is 56.9 Å². The summed E-state index contributed by atoms with van der Waals surface area (Å²) in [5.74, 6) is -0.243. The minimum absolute atomic E-state index is 0.0332. The van der Waals surface area contributed by atoms with Gasteiger partial charge in [0, 0.05) is 41.6 Å². The number of amides is 2. The molecule has 1 heterocycles. The van der Waals surface area contributed by atoms with Crippen LogP contribution in [0.15, 0.2) is 42.7 Å². The summed E-state index contributed by atoms with van der Waals surface area (Å²) in [7, 11) is 0. The average molecular weight is 487 g/mol. The number of hydrogen-bond donors (Lipinski definition) is 3. The zero-order chi connectivity index (χ0) is 24.1. The Morgan fingerprint density at radius 3 is 2.44 bits per heavy atom. The number of nitrogens with zero attached hydrogens (tertiary/aromatic N) is 1. The van der Waals surface area contributed by atoms with Crippen LogP contribution in [-0.4, -0.2) is 29.4 Å². The van der Waals surface area contributed by atoms with E-state index in [0.29, 0.717) is 30.0 Å². The highest BCUT2D eigenvalue weighted by Gasteiger charge is 2.44. The Kier molecular flexibility index (Phi) is 7.84. The van der Waals surface area contributed by atoms with Crippen molar-refractivity contribution < 1.29 is 14.0 Å². The largest absolute Gasteiger partial charge is 0.354 e. The molecule has 8 heteroatoms. The lowest BCUT2D eigenvalue weighted by Gasteiger charge is -2.33. The van der Waals surface area contributed by atoms with Gasteiger partial charge in [0.1, 0.15) is 5.82 Å². The first-order valence-electron chi connectivity index (χ1n) is 12.1. The molecule has 0 bridgehead atoms. The number of aromatic nitrogens is 1. The fourth-order valence-corrected chi connectivity index (χ4v) is 5.86. The standard InChI is InChI=1S/C26H32ClFN4O2/c27-22-15-19(28)7-8-21(22)26(11-1-2-12-26)25(34)31-16-23(29)17-3-5-18(6-4-17)24(33)32-20-9-13-30-14-10-20/h7-10,13-15,17-18,23H,1-6,11-12,16,29H2,(H,31,34)(H,30,32,33). The van der Waals surface area contributed by atoms with E-state index in [1.54, 1.807) is 30.6 Å². The van der Waals surface area contributed by atoms with Crippen LogP contribution in [0.3, 0.4) is 0 Å². The van der Waals surface area contributed by atoms with Gasteiger partial charge >= 0.3 is 0 Å². The molecule has 0 saturated heterocycles. The Hall–Kier alpha value is -2.51. The Bertz CT molecular complexity index is 1010. The van der Waals surface area contributed by atoms with E-state index in [4.69, 9.17) is 17.3 Å². The maximum Gasteiger partial charge on any atom is 0.230 e. The third-order valence-corrected chi connectivity index (χ3v) is 7.85. The molecular weight excluding hydrogens is 455 g/mol. The van der Waals surface area contributed by atoms with Crippen molar-refractivity contribution in [2.24, 2.45) is 17.6 Å². The molecule has 1 unspecified atom stereocenters. The molecule has 1 aromatic heterocycles. The van der Waals surface area contributed by atoms with E-state index in [1.165, 1.54) is 12.1 Å². The van der Waals surface area contributed by atoms with E-state index in [0.717, 1.165) is 44.2 Å². The first-order chi connectivity index (χ1) is 16.4. The van der Waals surface area contributed by atoms with Gasteiger partial charge in [0.2, 0.25) is 11.8 Å². The Morgan fingerprint density at radius 1 is 1.12 bits per heavy atom. The minimum Gasteiger partial charge on any atom is -0.354 e. The molecular formula is C26H32ClFN4O2. The quantitative estimate of drug-likeness (QED) is 0.533. The first kappa shape index (κ1) is 24.6. The van der Waals surface area contributed by atoms with Gasteiger partial charge in [-0.3, -0.25) is 14.6 Å². The molecule has 2 aromatic rings. The maximum absolute atomic E-state index is 13.6. The fraction of sp³-hybridized carbons (Fsp3) is 0.500. The van der Waals surface area contributed by atoms with Crippen LogP contribution in [0.5, 0.6) is 0 Å². The van der Waals surface area contributed by atoms with Gasteiger partial charge in [0.05, 0.1) is 5.41 Å². The summed E-state index contributed by atoms with van der Waals surface area (Å²) in [6.45, 7) is 0.373. The molecule has 1 aromatic carbocycles. The van der Waals surface area contributed by atoms with Crippen molar-refractivity contribution in [3.63, 3.8) is 0 Å². The summed E-state index contributed by atoms with van der Waals surface area (Å²) in [6.07, 6.45) is 9.79. The molecule has 0 aliphatic heterocycles. The Morgan fingerprint density at radius 2 is 1.79 bits per heavy atom. The summed E-state index contributed by atoms with van der Waals surface area (Å²) >= 11 is 6.34. The molecule has 34 heavy (non-hydrogen) atoms. The van der Waals surface area contributed by atoms with E-state index in [-0.39, 0.29) is 29.7 Å².